The minimum absolute atomic E-state index is 1.11. The Kier molecular flexibility index (Phi) is 7.89. The van der Waals surface area contributed by atoms with E-state index in [0.29, 0.717) is 0 Å². The molecule has 2 heterocycles. The summed E-state index contributed by atoms with van der Waals surface area (Å²) in [6.07, 6.45) is 2.32. The molecule has 12 rings (SSSR count). The average molecular weight is 763 g/mol. The van der Waals surface area contributed by atoms with E-state index >= 15 is 0 Å². The summed E-state index contributed by atoms with van der Waals surface area (Å²) in [6.45, 7) is 0. The maximum atomic E-state index is 2.48. The first kappa shape index (κ1) is 34.1. The van der Waals surface area contributed by atoms with Crippen molar-refractivity contribution in [2.75, 3.05) is 0 Å². The van der Waals surface area contributed by atoms with Crippen molar-refractivity contribution in [1.29, 1.82) is 0 Å². The zero-order valence-electron chi connectivity index (χ0n) is 32.8. The van der Waals surface area contributed by atoms with Gasteiger partial charge < -0.3 is 9.13 Å². The van der Waals surface area contributed by atoms with Crippen molar-refractivity contribution in [2.45, 2.75) is 0 Å². The van der Waals surface area contributed by atoms with Gasteiger partial charge in [-0.1, -0.05) is 182 Å². The highest BCUT2D eigenvalue weighted by Gasteiger charge is 2.23. The van der Waals surface area contributed by atoms with Gasteiger partial charge in [0.25, 0.3) is 0 Å². The van der Waals surface area contributed by atoms with E-state index in [1.165, 1.54) is 76.3 Å². The SMILES string of the molecule is c1ccc(-c2cc(-c3ccc4c5ccccc5c5ccccc5c4c3)n(-c3ccccc3)c2-c2ccc3c(-c4ccccc4)cn(-c4ccc5ccccc5c4)c3c2)cc1. The van der Waals surface area contributed by atoms with Gasteiger partial charge in [-0.05, 0) is 102 Å². The Morgan fingerprint density at radius 3 is 1.50 bits per heavy atom. The highest BCUT2D eigenvalue weighted by molar-refractivity contribution is 6.25. The van der Waals surface area contributed by atoms with Crippen LogP contribution in [-0.4, -0.2) is 9.13 Å². The van der Waals surface area contributed by atoms with Crippen LogP contribution in [-0.2, 0) is 0 Å². The molecule has 0 N–H and O–H groups in total. The molecule has 0 spiro atoms. The highest BCUT2D eigenvalue weighted by Crippen LogP contribution is 2.45. The third-order valence-electron chi connectivity index (χ3n) is 12.3. The Hall–Kier alpha value is -7.94. The molecule has 2 nitrogen and oxygen atoms in total. The van der Waals surface area contributed by atoms with Crippen LogP contribution in [0.3, 0.4) is 0 Å². The number of aromatic nitrogens is 2. The molecule has 0 aliphatic rings. The first-order valence-electron chi connectivity index (χ1n) is 20.7. The quantitative estimate of drug-likeness (QED) is 0.149. The molecule has 0 unspecified atom stereocenters. The molecular formula is C58H38N2. The summed E-state index contributed by atoms with van der Waals surface area (Å²) < 4.78 is 4.86. The number of benzene rings is 10. The molecule has 0 aliphatic carbocycles. The van der Waals surface area contributed by atoms with Gasteiger partial charge in [-0.15, -0.1) is 0 Å². The molecule has 0 radical (unpaired) electrons. The van der Waals surface area contributed by atoms with Gasteiger partial charge in [-0.25, -0.2) is 0 Å². The molecule has 0 atom stereocenters. The molecular weight excluding hydrogens is 725 g/mol. The monoisotopic (exact) mass is 762 g/mol. The van der Waals surface area contributed by atoms with E-state index in [9.17, 15) is 0 Å². The van der Waals surface area contributed by atoms with Crippen LogP contribution < -0.4 is 0 Å². The van der Waals surface area contributed by atoms with Crippen LogP contribution in [0.15, 0.2) is 231 Å². The van der Waals surface area contributed by atoms with Crippen LogP contribution in [0.1, 0.15) is 0 Å². The molecule has 0 aliphatic heterocycles. The summed E-state index contributed by atoms with van der Waals surface area (Å²) in [6, 6.07) is 82.1. The van der Waals surface area contributed by atoms with Gasteiger partial charge in [0.15, 0.2) is 0 Å². The summed E-state index contributed by atoms with van der Waals surface area (Å²) in [4.78, 5) is 0. The van der Waals surface area contributed by atoms with Crippen LogP contribution >= 0.6 is 0 Å². The van der Waals surface area contributed by atoms with Crippen molar-refractivity contribution in [3.8, 4) is 56.1 Å². The standard InChI is InChI=1S/C58H38N2/c1-4-17-40(18-5-1)53-37-56(43-29-32-51-49-26-13-12-24-47(49)48-25-14-15-27-50(48)54(51)35-43)60(45-22-8-3-9-23-45)58(53)44-30-33-52-55(41-19-6-2-7-20-41)38-59(57(52)36-44)46-31-28-39-16-10-11-21-42(39)34-46/h1-38H. The van der Waals surface area contributed by atoms with Crippen molar-refractivity contribution in [2.24, 2.45) is 0 Å². The van der Waals surface area contributed by atoms with E-state index in [-0.39, 0.29) is 0 Å². The minimum atomic E-state index is 1.11. The Morgan fingerprint density at radius 1 is 0.283 bits per heavy atom. The second kappa shape index (κ2) is 13.9. The zero-order chi connectivity index (χ0) is 39.6. The smallest absolute Gasteiger partial charge is 0.0614 e. The second-order valence-corrected chi connectivity index (χ2v) is 15.7. The third-order valence-corrected chi connectivity index (χ3v) is 12.3. The fraction of sp³-hybridized carbons (Fsp3) is 0. The fourth-order valence-electron chi connectivity index (χ4n) is 9.52. The Labute approximate surface area is 348 Å². The summed E-state index contributed by atoms with van der Waals surface area (Å²) in [7, 11) is 0. The molecule has 0 fully saturated rings. The van der Waals surface area contributed by atoms with Crippen LogP contribution in [0.4, 0.5) is 0 Å². The number of hydrogen-bond acceptors (Lipinski definition) is 0. The Bertz CT molecular complexity index is 3540. The molecule has 10 aromatic carbocycles. The molecule has 0 bridgehead atoms. The number of rotatable bonds is 6. The van der Waals surface area contributed by atoms with Gasteiger partial charge in [-0.3, -0.25) is 0 Å². The van der Waals surface area contributed by atoms with E-state index in [1.54, 1.807) is 0 Å². The number of hydrogen-bond donors (Lipinski definition) is 0. The van der Waals surface area contributed by atoms with Crippen LogP contribution in [0.2, 0.25) is 0 Å². The Morgan fingerprint density at radius 2 is 0.817 bits per heavy atom. The van der Waals surface area contributed by atoms with Crippen molar-refractivity contribution in [3.05, 3.63) is 231 Å². The zero-order valence-corrected chi connectivity index (χ0v) is 32.8. The summed E-state index contributed by atoms with van der Waals surface area (Å²) in [5.41, 5.74) is 12.8. The summed E-state index contributed by atoms with van der Waals surface area (Å²) >= 11 is 0. The average Bonchev–Trinajstić information content (AvgIpc) is 3.92. The highest BCUT2D eigenvalue weighted by atomic mass is 15.0. The van der Waals surface area contributed by atoms with E-state index in [2.05, 4.69) is 240 Å². The van der Waals surface area contributed by atoms with E-state index in [1.807, 2.05) is 0 Å². The normalized spacial score (nSPS) is 11.7. The van der Waals surface area contributed by atoms with E-state index in [4.69, 9.17) is 0 Å². The maximum Gasteiger partial charge on any atom is 0.0614 e. The fourth-order valence-corrected chi connectivity index (χ4v) is 9.52. The lowest BCUT2D eigenvalue weighted by Gasteiger charge is -2.17. The van der Waals surface area contributed by atoms with Gasteiger partial charge in [0.2, 0.25) is 0 Å². The minimum Gasteiger partial charge on any atom is -0.316 e. The first-order chi connectivity index (χ1) is 29.8. The van der Waals surface area contributed by atoms with E-state index in [0.717, 1.165) is 33.8 Å². The summed E-state index contributed by atoms with van der Waals surface area (Å²) in [5.74, 6) is 0. The van der Waals surface area contributed by atoms with Crippen molar-refractivity contribution in [3.63, 3.8) is 0 Å². The van der Waals surface area contributed by atoms with Gasteiger partial charge in [0.1, 0.15) is 0 Å². The second-order valence-electron chi connectivity index (χ2n) is 15.7. The van der Waals surface area contributed by atoms with Crippen molar-refractivity contribution in [1.82, 2.24) is 9.13 Å². The molecule has 60 heavy (non-hydrogen) atoms. The molecule has 2 aromatic heterocycles. The van der Waals surface area contributed by atoms with Gasteiger partial charge in [0.05, 0.1) is 16.9 Å². The number of para-hydroxylation sites is 1. The third kappa shape index (κ3) is 5.50. The van der Waals surface area contributed by atoms with Crippen molar-refractivity contribution >= 4 is 54.0 Å². The lowest BCUT2D eigenvalue weighted by Crippen LogP contribution is -2.00. The molecule has 280 valence electrons. The van der Waals surface area contributed by atoms with Crippen LogP contribution in [0.25, 0.3) is 110 Å². The molecule has 12 aromatic rings. The Balaban J connectivity index is 1.15. The number of fused-ring (bicyclic) bond motifs is 8. The molecule has 0 saturated carbocycles. The number of nitrogens with zero attached hydrogens (tertiary/aromatic N) is 2. The molecule has 0 saturated heterocycles. The van der Waals surface area contributed by atoms with Crippen LogP contribution in [0.5, 0.6) is 0 Å². The van der Waals surface area contributed by atoms with Gasteiger partial charge in [0, 0.05) is 39.6 Å². The maximum absolute atomic E-state index is 2.48. The predicted octanol–water partition coefficient (Wildman–Crippen LogP) is 15.7. The van der Waals surface area contributed by atoms with Gasteiger partial charge in [-0.2, -0.15) is 0 Å². The largest absolute Gasteiger partial charge is 0.316 e. The van der Waals surface area contributed by atoms with Crippen molar-refractivity contribution < 1.29 is 0 Å². The lowest BCUT2D eigenvalue weighted by molar-refractivity contribution is 1.09. The molecule has 2 heteroatoms. The topological polar surface area (TPSA) is 9.86 Å². The lowest BCUT2D eigenvalue weighted by atomic mass is 9.93. The van der Waals surface area contributed by atoms with Crippen LogP contribution in [0, 0.1) is 0 Å². The van der Waals surface area contributed by atoms with Gasteiger partial charge >= 0.3 is 0 Å². The predicted molar refractivity (Wildman–Crippen MR) is 254 cm³/mol. The first-order valence-corrected chi connectivity index (χ1v) is 20.7. The molecule has 0 amide bonds. The van der Waals surface area contributed by atoms with E-state index < -0.39 is 0 Å². The summed E-state index contributed by atoms with van der Waals surface area (Å²) in [5, 5.41) is 11.3.